The van der Waals surface area contributed by atoms with Gasteiger partial charge in [0.05, 0.1) is 6.54 Å². The third kappa shape index (κ3) is 4.96. The molecule has 1 amide bonds. The summed E-state index contributed by atoms with van der Waals surface area (Å²) in [7, 11) is 1.94. The second-order valence-corrected chi connectivity index (χ2v) is 5.93. The van der Waals surface area contributed by atoms with Crippen molar-refractivity contribution in [1.29, 1.82) is 0 Å². The largest absolute Gasteiger partial charge is 0.351 e. The number of carbonyl (C=O) groups is 1. The third-order valence-electron chi connectivity index (χ3n) is 2.82. The molecular weight excluding hydrogens is 292 g/mol. The lowest BCUT2D eigenvalue weighted by atomic mass is 10.2. The molecule has 0 atom stereocenters. The fourth-order valence-corrected chi connectivity index (χ4v) is 2.77. The lowest BCUT2D eigenvalue weighted by molar-refractivity contribution is -0.122. The number of thiophene rings is 1. The fourth-order valence-electron chi connectivity index (χ4n) is 1.90. The van der Waals surface area contributed by atoms with Crippen molar-refractivity contribution in [2.24, 2.45) is 0 Å². The maximum atomic E-state index is 11.9. The summed E-state index contributed by atoms with van der Waals surface area (Å²) < 4.78 is 0. The first-order valence-corrected chi connectivity index (χ1v) is 7.66. The van der Waals surface area contributed by atoms with E-state index in [1.165, 1.54) is 5.56 Å². The number of hydrogen-bond acceptors (Lipinski definition) is 3. The van der Waals surface area contributed by atoms with Gasteiger partial charge in [-0.3, -0.25) is 9.69 Å². The van der Waals surface area contributed by atoms with Crippen LogP contribution < -0.4 is 5.32 Å². The molecule has 1 N–H and O–H groups in total. The quantitative estimate of drug-likeness (QED) is 0.889. The van der Waals surface area contributed by atoms with Gasteiger partial charge in [-0.15, -0.1) is 0 Å². The van der Waals surface area contributed by atoms with E-state index in [0.717, 1.165) is 12.1 Å². The summed E-state index contributed by atoms with van der Waals surface area (Å²) in [5, 5.41) is 7.73. The normalized spacial score (nSPS) is 10.8. The number of rotatable bonds is 6. The molecule has 0 unspecified atom stereocenters. The zero-order chi connectivity index (χ0) is 14.4. The van der Waals surface area contributed by atoms with Crippen LogP contribution in [0.25, 0.3) is 0 Å². The molecule has 0 fully saturated rings. The highest BCUT2D eigenvalue weighted by atomic mass is 35.5. The van der Waals surface area contributed by atoms with Crippen molar-refractivity contribution in [3.8, 4) is 0 Å². The first kappa shape index (κ1) is 15.0. The molecule has 0 saturated carbocycles. The Kier molecular flexibility index (Phi) is 5.59. The molecule has 1 aromatic heterocycles. The minimum atomic E-state index is 0.0164. The van der Waals surface area contributed by atoms with Crippen LogP contribution in [0.2, 0.25) is 5.02 Å². The Morgan fingerprint density at radius 1 is 1.35 bits per heavy atom. The molecule has 2 aromatic rings. The summed E-state index contributed by atoms with van der Waals surface area (Å²) in [6.45, 7) is 1.68. The van der Waals surface area contributed by atoms with E-state index in [1.807, 2.05) is 41.6 Å². The van der Waals surface area contributed by atoms with E-state index in [9.17, 15) is 4.79 Å². The Morgan fingerprint density at radius 3 is 2.90 bits per heavy atom. The van der Waals surface area contributed by atoms with Crippen LogP contribution in [0.15, 0.2) is 41.1 Å². The average Bonchev–Trinajstić information content (AvgIpc) is 2.89. The number of nitrogens with one attached hydrogen (secondary N) is 1. The number of amides is 1. The summed E-state index contributed by atoms with van der Waals surface area (Å²) in [6.07, 6.45) is 0. The third-order valence-corrected chi connectivity index (χ3v) is 3.79. The van der Waals surface area contributed by atoms with Gasteiger partial charge in [-0.05, 0) is 47.1 Å². The smallest absolute Gasteiger partial charge is 0.234 e. The van der Waals surface area contributed by atoms with Gasteiger partial charge in [-0.2, -0.15) is 11.3 Å². The molecule has 20 heavy (non-hydrogen) atoms. The molecule has 0 aliphatic carbocycles. The molecule has 106 valence electrons. The Morgan fingerprint density at radius 2 is 2.20 bits per heavy atom. The molecule has 0 aliphatic rings. The number of nitrogens with zero attached hydrogens (tertiary/aromatic N) is 1. The minimum Gasteiger partial charge on any atom is -0.351 e. The van der Waals surface area contributed by atoms with Crippen molar-refractivity contribution in [2.75, 3.05) is 13.6 Å². The highest BCUT2D eigenvalue weighted by Gasteiger charge is 2.07. The SMILES string of the molecule is CN(CC(=O)NCc1cccc(Cl)c1)Cc1ccsc1. The minimum absolute atomic E-state index is 0.0164. The lowest BCUT2D eigenvalue weighted by Crippen LogP contribution is -2.34. The fraction of sp³-hybridized carbons (Fsp3) is 0.267. The monoisotopic (exact) mass is 308 g/mol. The Bertz CT molecular complexity index is 557. The lowest BCUT2D eigenvalue weighted by Gasteiger charge is -2.15. The van der Waals surface area contributed by atoms with Gasteiger partial charge in [0.2, 0.25) is 5.91 Å². The second kappa shape index (κ2) is 7.43. The van der Waals surface area contributed by atoms with Crippen LogP contribution in [-0.2, 0) is 17.9 Å². The molecule has 5 heteroatoms. The van der Waals surface area contributed by atoms with Crippen LogP contribution in [0.3, 0.4) is 0 Å². The number of benzene rings is 1. The number of carbonyl (C=O) groups excluding carboxylic acids is 1. The van der Waals surface area contributed by atoms with Crippen molar-refractivity contribution >= 4 is 28.8 Å². The highest BCUT2D eigenvalue weighted by Crippen LogP contribution is 2.10. The predicted molar refractivity (Wildman–Crippen MR) is 84.0 cm³/mol. The standard InChI is InChI=1S/C15H17ClN2OS/c1-18(9-13-5-6-20-11-13)10-15(19)17-8-12-3-2-4-14(16)7-12/h2-7,11H,8-10H2,1H3,(H,17,19). The van der Waals surface area contributed by atoms with Crippen LogP contribution in [0.1, 0.15) is 11.1 Å². The maximum absolute atomic E-state index is 11.9. The van der Waals surface area contributed by atoms with Crippen molar-refractivity contribution in [2.45, 2.75) is 13.1 Å². The van der Waals surface area contributed by atoms with Gasteiger partial charge in [0, 0.05) is 18.1 Å². The van der Waals surface area contributed by atoms with Crippen LogP contribution in [0.5, 0.6) is 0 Å². The van der Waals surface area contributed by atoms with Gasteiger partial charge in [-0.1, -0.05) is 23.7 Å². The van der Waals surface area contributed by atoms with E-state index in [4.69, 9.17) is 11.6 Å². The Labute approximate surface area is 128 Å². The zero-order valence-corrected chi connectivity index (χ0v) is 12.9. The van der Waals surface area contributed by atoms with Crippen molar-refractivity contribution < 1.29 is 4.79 Å². The summed E-state index contributed by atoms with van der Waals surface area (Å²) in [5.41, 5.74) is 2.24. The summed E-state index contributed by atoms with van der Waals surface area (Å²) in [4.78, 5) is 13.9. The first-order chi connectivity index (χ1) is 9.63. The van der Waals surface area contributed by atoms with E-state index < -0.39 is 0 Å². The highest BCUT2D eigenvalue weighted by molar-refractivity contribution is 7.07. The summed E-state index contributed by atoms with van der Waals surface area (Å²) in [6, 6.07) is 9.58. The molecule has 0 spiro atoms. The van der Waals surface area contributed by atoms with Gasteiger partial charge in [0.1, 0.15) is 0 Å². The molecule has 1 heterocycles. The van der Waals surface area contributed by atoms with Crippen molar-refractivity contribution in [1.82, 2.24) is 10.2 Å². The van der Waals surface area contributed by atoms with E-state index in [-0.39, 0.29) is 5.91 Å². The van der Waals surface area contributed by atoms with E-state index >= 15 is 0 Å². The summed E-state index contributed by atoms with van der Waals surface area (Å²) in [5.74, 6) is 0.0164. The molecule has 0 radical (unpaired) electrons. The van der Waals surface area contributed by atoms with Crippen LogP contribution in [0, 0.1) is 0 Å². The predicted octanol–water partition coefficient (Wildman–Crippen LogP) is 3.15. The van der Waals surface area contributed by atoms with Gasteiger partial charge in [0.15, 0.2) is 0 Å². The second-order valence-electron chi connectivity index (χ2n) is 4.71. The van der Waals surface area contributed by atoms with Crippen LogP contribution in [-0.4, -0.2) is 24.4 Å². The zero-order valence-electron chi connectivity index (χ0n) is 11.3. The van der Waals surface area contributed by atoms with E-state index in [1.54, 1.807) is 11.3 Å². The number of halogens is 1. The van der Waals surface area contributed by atoms with Gasteiger partial charge >= 0.3 is 0 Å². The van der Waals surface area contributed by atoms with Crippen molar-refractivity contribution in [3.05, 3.63) is 57.2 Å². The topological polar surface area (TPSA) is 32.3 Å². The van der Waals surface area contributed by atoms with E-state index in [0.29, 0.717) is 18.1 Å². The molecule has 0 bridgehead atoms. The van der Waals surface area contributed by atoms with Crippen LogP contribution >= 0.6 is 22.9 Å². The first-order valence-electron chi connectivity index (χ1n) is 6.34. The summed E-state index contributed by atoms with van der Waals surface area (Å²) >= 11 is 7.57. The molecular formula is C15H17ClN2OS. The molecule has 0 saturated heterocycles. The Hall–Kier alpha value is -1.36. The molecule has 3 nitrogen and oxygen atoms in total. The van der Waals surface area contributed by atoms with Gasteiger partial charge in [-0.25, -0.2) is 0 Å². The molecule has 1 aromatic carbocycles. The molecule has 0 aliphatic heterocycles. The number of hydrogen-bond donors (Lipinski definition) is 1. The maximum Gasteiger partial charge on any atom is 0.234 e. The average molecular weight is 309 g/mol. The van der Waals surface area contributed by atoms with E-state index in [2.05, 4.69) is 16.8 Å². The Balaban J connectivity index is 1.75. The van der Waals surface area contributed by atoms with Gasteiger partial charge < -0.3 is 5.32 Å². The van der Waals surface area contributed by atoms with Crippen LogP contribution in [0.4, 0.5) is 0 Å². The van der Waals surface area contributed by atoms with Gasteiger partial charge in [0.25, 0.3) is 0 Å². The molecule has 2 rings (SSSR count). The van der Waals surface area contributed by atoms with Crippen molar-refractivity contribution in [3.63, 3.8) is 0 Å². The number of likely N-dealkylation sites (N-methyl/N-ethyl adjacent to an activating group) is 1.